The number of carbonyl (C=O) groups excluding carboxylic acids is 1. The van der Waals surface area contributed by atoms with Crippen molar-refractivity contribution < 1.29 is 18.0 Å². The Bertz CT molecular complexity index is 969. The van der Waals surface area contributed by atoms with Crippen molar-refractivity contribution in [1.29, 1.82) is 0 Å². The van der Waals surface area contributed by atoms with Gasteiger partial charge in [0.2, 0.25) is 5.91 Å². The first kappa shape index (κ1) is 21.2. The van der Waals surface area contributed by atoms with Crippen molar-refractivity contribution >= 4 is 23.0 Å². The highest BCUT2D eigenvalue weighted by Crippen LogP contribution is 2.56. The number of halogens is 3. The highest BCUT2D eigenvalue weighted by molar-refractivity contribution is 5.95. The molecule has 0 aliphatic heterocycles. The van der Waals surface area contributed by atoms with E-state index in [0.29, 0.717) is 0 Å². The van der Waals surface area contributed by atoms with E-state index in [-0.39, 0.29) is 17.8 Å². The zero-order valence-corrected chi connectivity index (χ0v) is 17.8. The number of alkyl halides is 3. The molecule has 4 fully saturated rings. The van der Waals surface area contributed by atoms with Gasteiger partial charge in [0.15, 0.2) is 0 Å². The fourth-order valence-corrected chi connectivity index (χ4v) is 6.50. The summed E-state index contributed by atoms with van der Waals surface area (Å²) in [4.78, 5) is 12.4. The average Bonchev–Trinajstić information content (AvgIpc) is 2.71. The molecule has 4 nitrogen and oxygen atoms in total. The molecule has 170 valence electrons. The molecule has 32 heavy (non-hydrogen) atoms. The third-order valence-electron chi connectivity index (χ3n) is 7.31. The molecular weight excluding hydrogens is 415 g/mol. The lowest BCUT2D eigenvalue weighted by molar-refractivity contribution is -0.137. The molecule has 0 heterocycles. The van der Waals surface area contributed by atoms with E-state index in [2.05, 4.69) is 16.0 Å². The molecule has 2 aromatic rings. The third-order valence-corrected chi connectivity index (χ3v) is 7.31. The number of benzene rings is 2. The summed E-state index contributed by atoms with van der Waals surface area (Å²) in [6.45, 7) is -0.119. The van der Waals surface area contributed by atoms with Gasteiger partial charge in [0.25, 0.3) is 0 Å². The van der Waals surface area contributed by atoms with E-state index >= 15 is 0 Å². The van der Waals surface area contributed by atoms with Crippen LogP contribution in [0.2, 0.25) is 0 Å². The van der Waals surface area contributed by atoms with E-state index in [1.165, 1.54) is 56.7 Å². The minimum absolute atomic E-state index is 0.119. The molecule has 4 aliphatic rings. The minimum atomic E-state index is -4.52. The molecule has 0 radical (unpaired) electrons. The van der Waals surface area contributed by atoms with Crippen molar-refractivity contribution in [3.8, 4) is 0 Å². The maximum atomic E-state index is 13.2. The Morgan fingerprint density at radius 1 is 0.844 bits per heavy atom. The van der Waals surface area contributed by atoms with Crippen molar-refractivity contribution in [1.82, 2.24) is 0 Å². The molecule has 7 heteroatoms. The van der Waals surface area contributed by atoms with Gasteiger partial charge in [-0.15, -0.1) is 0 Å². The Morgan fingerprint density at radius 2 is 1.38 bits per heavy atom. The molecule has 4 aliphatic carbocycles. The molecule has 3 N–H and O–H groups in total. The number of amides is 1. The summed E-state index contributed by atoms with van der Waals surface area (Å²) in [5.74, 6) is 1.92. The van der Waals surface area contributed by atoms with Gasteiger partial charge in [0.1, 0.15) is 0 Å². The van der Waals surface area contributed by atoms with Crippen LogP contribution in [0.4, 0.5) is 30.2 Å². The van der Waals surface area contributed by atoms with Gasteiger partial charge < -0.3 is 16.0 Å². The van der Waals surface area contributed by atoms with Gasteiger partial charge in [-0.25, -0.2) is 0 Å². The summed E-state index contributed by atoms with van der Waals surface area (Å²) in [6.07, 6.45) is 3.15. The predicted molar refractivity (Wildman–Crippen MR) is 120 cm³/mol. The predicted octanol–water partition coefficient (Wildman–Crippen LogP) is 6.14. The summed E-state index contributed by atoms with van der Waals surface area (Å²) in [5.41, 5.74) is 0.796. The molecule has 0 atom stereocenters. The van der Waals surface area contributed by atoms with E-state index < -0.39 is 17.6 Å². The summed E-state index contributed by atoms with van der Waals surface area (Å²) in [6, 6.07) is 12.8. The quantitative estimate of drug-likeness (QED) is 0.503. The lowest BCUT2D eigenvalue weighted by Gasteiger charge is -2.57. The van der Waals surface area contributed by atoms with Crippen LogP contribution in [0.1, 0.15) is 44.1 Å². The lowest BCUT2D eigenvalue weighted by atomic mass is 9.53. The Balaban J connectivity index is 1.25. The van der Waals surface area contributed by atoms with Gasteiger partial charge in [0.05, 0.1) is 29.2 Å². The van der Waals surface area contributed by atoms with Crippen molar-refractivity contribution in [2.24, 2.45) is 17.8 Å². The van der Waals surface area contributed by atoms with Crippen LogP contribution in [0.25, 0.3) is 0 Å². The monoisotopic (exact) mass is 443 g/mol. The van der Waals surface area contributed by atoms with Crippen LogP contribution in [0.15, 0.2) is 48.5 Å². The first-order valence-corrected chi connectivity index (χ1v) is 11.4. The number of anilines is 3. The van der Waals surface area contributed by atoms with Gasteiger partial charge in [-0.3, -0.25) is 4.79 Å². The normalized spacial score (nSPS) is 28.4. The largest absolute Gasteiger partial charge is 0.418 e. The number of hydrogen-bond donors (Lipinski definition) is 3. The van der Waals surface area contributed by atoms with E-state index in [0.717, 1.165) is 35.2 Å². The Morgan fingerprint density at radius 3 is 1.97 bits per heavy atom. The van der Waals surface area contributed by atoms with Crippen LogP contribution in [-0.2, 0) is 11.0 Å². The molecule has 0 spiro atoms. The Hall–Kier alpha value is -2.70. The Labute approximate surface area is 186 Å². The molecule has 4 bridgehead atoms. The Kier molecular flexibility index (Phi) is 5.30. The number of rotatable bonds is 6. The second kappa shape index (κ2) is 8.01. The van der Waals surface area contributed by atoms with Gasteiger partial charge in [0, 0.05) is 5.54 Å². The maximum absolute atomic E-state index is 13.2. The van der Waals surface area contributed by atoms with E-state index in [1.54, 1.807) is 0 Å². The van der Waals surface area contributed by atoms with Crippen LogP contribution in [0.5, 0.6) is 0 Å². The number of carbonyl (C=O) groups is 1. The van der Waals surface area contributed by atoms with Crippen LogP contribution in [-0.4, -0.2) is 18.0 Å². The van der Waals surface area contributed by atoms with Crippen molar-refractivity contribution in [2.75, 3.05) is 22.5 Å². The van der Waals surface area contributed by atoms with Crippen LogP contribution >= 0.6 is 0 Å². The summed E-state index contributed by atoms with van der Waals surface area (Å²) in [5, 5.41) is 9.32. The molecule has 2 aromatic carbocycles. The van der Waals surface area contributed by atoms with Crippen LogP contribution in [0.3, 0.4) is 0 Å². The fourth-order valence-electron chi connectivity index (χ4n) is 6.50. The van der Waals surface area contributed by atoms with Crippen LogP contribution < -0.4 is 16.0 Å². The third kappa shape index (κ3) is 4.30. The van der Waals surface area contributed by atoms with Crippen LogP contribution in [0, 0.1) is 17.8 Å². The van der Waals surface area contributed by atoms with Crippen molar-refractivity contribution in [3.05, 3.63) is 54.1 Å². The summed E-state index contributed by atoms with van der Waals surface area (Å²) in [7, 11) is 0. The zero-order chi connectivity index (χ0) is 22.3. The van der Waals surface area contributed by atoms with Gasteiger partial charge in [-0.05, 0) is 80.5 Å². The molecule has 4 saturated carbocycles. The number of para-hydroxylation sites is 3. The lowest BCUT2D eigenvalue weighted by Crippen LogP contribution is -2.54. The second-order valence-electron chi connectivity index (χ2n) is 9.81. The molecule has 6 rings (SSSR count). The molecule has 0 unspecified atom stereocenters. The molecule has 0 aromatic heterocycles. The highest BCUT2D eigenvalue weighted by atomic mass is 19.4. The van der Waals surface area contributed by atoms with Gasteiger partial charge in [-0.2, -0.15) is 13.2 Å². The summed E-state index contributed by atoms with van der Waals surface area (Å²) >= 11 is 0. The topological polar surface area (TPSA) is 53.2 Å². The molecular formula is C25H28F3N3O. The average molecular weight is 444 g/mol. The van der Waals surface area contributed by atoms with E-state index in [9.17, 15) is 18.0 Å². The highest BCUT2D eigenvalue weighted by Gasteiger charge is 2.51. The fraction of sp³-hybridized carbons (Fsp3) is 0.480. The number of nitrogens with one attached hydrogen (secondary N) is 3. The number of hydrogen-bond acceptors (Lipinski definition) is 3. The van der Waals surface area contributed by atoms with Gasteiger partial charge in [-0.1, -0.05) is 24.3 Å². The molecule has 1 amide bonds. The smallest absolute Gasteiger partial charge is 0.378 e. The minimum Gasteiger partial charge on any atom is -0.378 e. The first-order valence-electron chi connectivity index (χ1n) is 11.4. The van der Waals surface area contributed by atoms with Crippen molar-refractivity contribution in [3.63, 3.8) is 0 Å². The first-order chi connectivity index (χ1) is 15.3. The van der Waals surface area contributed by atoms with Crippen molar-refractivity contribution in [2.45, 2.75) is 50.2 Å². The SMILES string of the molecule is O=C(CNc1ccccc1NC12CC3CC(CC(C3)C1)C2)Nc1ccccc1C(F)(F)F. The summed E-state index contributed by atoms with van der Waals surface area (Å²) < 4.78 is 39.5. The van der Waals surface area contributed by atoms with E-state index in [4.69, 9.17) is 0 Å². The zero-order valence-electron chi connectivity index (χ0n) is 17.8. The second-order valence-corrected chi connectivity index (χ2v) is 9.81. The maximum Gasteiger partial charge on any atom is 0.418 e. The van der Waals surface area contributed by atoms with E-state index in [1.807, 2.05) is 24.3 Å². The molecule has 0 saturated heterocycles. The van der Waals surface area contributed by atoms with Gasteiger partial charge >= 0.3 is 6.18 Å². The standard InChI is InChI=1S/C25H28F3N3O/c26-25(27,28)19-5-1-2-6-20(19)30-23(32)15-29-21-7-3-4-8-22(21)31-24-12-16-9-17(13-24)11-18(10-16)14-24/h1-8,16-18,29,31H,9-15H2,(H,30,32).